The van der Waals surface area contributed by atoms with E-state index in [1.165, 1.54) is 0 Å². The van der Waals surface area contributed by atoms with Gasteiger partial charge in [0.05, 0.1) is 19.8 Å². The molecule has 0 heterocycles. The van der Waals surface area contributed by atoms with E-state index in [2.05, 4.69) is 6.58 Å². The lowest BCUT2D eigenvalue weighted by atomic mass is 10.2. The third-order valence-electron chi connectivity index (χ3n) is 2.31. The summed E-state index contributed by atoms with van der Waals surface area (Å²) in [5.41, 5.74) is 1.47. The van der Waals surface area contributed by atoms with Crippen LogP contribution >= 0.6 is 0 Å². The first-order valence-electron chi connectivity index (χ1n) is 6.19. The second-order valence-electron chi connectivity index (χ2n) is 4.16. The van der Waals surface area contributed by atoms with Crippen LogP contribution < -0.4 is 0 Å². The number of benzene rings is 1. The van der Waals surface area contributed by atoms with Gasteiger partial charge in [-0.3, -0.25) is 0 Å². The van der Waals surface area contributed by atoms with Crippen LogP contribution in [0.1, 0.15) is 19.4 Å². The van der Waals surface area contributed by atoms with E-state index in [1.54, 1.807) is 13.8 Å². The van der Waals surface area contributed by atoms with Crippen molar-refractivity contribution in [3.63, 3.8) is 0 Å². The molecule has 0 aliphatic rings. The largest absolute Gasteiger partial charge is 0.433 e. The molecule has 19 heavy (non-hydrogen) atoms. The number of hydrogen-bond acceptors (Lipinski definition) is 4. The molecule has 1 atom stereocenters. The highest BCUT2D eigenvalue weighted by Crippen LogP contribution is 2.02. The van der Waals surface area contributed by atoms with Gasteiger partial charge >= 0.3 is 5.97 Å². The highest BCUT2D eigenvalue weighted by Gasteiger charge is 2.09. The quantitative estimate of drug-likeness (QED) is 0.313. The molecule has 0 N–H and O–H groups in total. The molecule has 0 saturated heterocycles. The Morgan fingerprint density at radius 3 is 2.58 bits per heavy atom. The van der Waals surface area contributed by atoms with Gasteiger partial charge in [0.1, 0.15) is 0 Å². The number of ether oxygens (including phenoxy) is 3. The maximum Gasteiger partial charge on any atom is 0.335 e. The molecule has 4 heteroatoms. The molecular weight excluding hydrogens is 244 g/mol. The zero-order chi connectivity index (χ0) is 14.1. The first-order chi connectivity index (χ1) is 9.09. The highest BCUT2D eigenvalue weighted by atomic mass is 16.7. The summed E-state index contributed by atoms with van der Waals surface area (Å²) < 4.78 is 15.7. The molecule has 0 saturated carbocycles. The Morgan fingerprint density at radius 1 is 1.26 bits per heavy atom. The zero-order valence-electron chi connectivity index (χ0n) is 11.4. The Hall–Kier alpha value is -1.65. The average molecular weight is 264 g/mol. The minimum absolute atomic E-state index is 0.357. The third kappa shape index (κ3) is 6.74. The van der Waals surface area contributed by atoms with Crippen molar-refractivity contribution in [1.29, 1.82) is 0 Å². The topological polar surface area (TPSA) is 44.8 Å². The van der Waals surface area contributed by atoms with Crippen LogP contribution in [0.2, 0.25) is 0 Å². The van der Waals surface area contributed by atoms with Crippen LogP contribution in [0.3, 0.4) is 0 Å². The van der Waals surface area contributed by atoms with Crippen LogP contribution in [0, 0.1) is 0 Å². The molecule has 0 fully saturated rings. The highest BCUT2D eigenvalue weighted by molar-refractivity contribution is 5.86. The van der Waals surface area contributed by atoms with Gasteiger partial charge < -0.3 is 14.2 Å². The maximum atomic E-state index is 11.2. The number of rotatable bonds is 8. The number of esters is 1. The maximum absolute atomic E-state index is 11.2. The van der Waals surface area contributed by atoms with Gasteiger partial charge in [0.15, 0.2) is 0 Å². The lowest BCUT2D eigenvalue weighted by Gasteiger charge is -2.14. The summed E-state index contributed by atoms with van der Waals surface area (Å²) in [6, 6.07) is 9.89. The number of hydrogen-bond donors (Lipinski definition) is 0. The summed E-state index contributed by atoms with van der Waals surface area (Å²) in [4.78, 5) is 11.2. The predicted octanol–water partition coefficient (Wildman–Crippen LogP) is 2.69. The zero-order valence-corrected chi connectivity index (χ0v) is 11.4. The molecule has 4 nitrogen and oxygen atoms in total. The molecule has 1 aromatic rings. The Labute approximate surface area is 114 Å². The van der Waals surface area contributed by atoms with E-state index in [1.807, 2.05) is 30.3 Å². The molecule has 0 aliphatic carbocycles. The summed E-state index contributed by atoms with van der Waals surface area (Å²) in [5, 5.41) is 0. The smallest absolute Gasteiger partial charge is 0.335 e. The molecule has 0 bridgehead atoms. The van der Waals surface area contributed by atoms with Crippen molar-refractivity contribution in [2.24, 2.45) is 0 Å². The van der Waals surface area contributed by atoms with Gasteiger partial charge in [-0.1, -0.05) is 36.9 Å². The number of carbonyl (C=O) groups is 1. The van der Waals surface area contributed by atoms with Crippen LogP contribution in [0.15, 0.2) is 42.5 Å². The van der Waals surface area contributed by atoms with Crippen LogP contribution in [0.25, 0.3) is 0 Å². The molecule has 0 spiro atoms. The lowest BCUT2D eigenvalue weighted by Crippen LogP contribution is -2.20. The molecule has 104 valence electrons. The summed E-state index contributed by atoms with van der Waals surface area (Å²) >= 11 is 0. The predicted molar refractivity (Wildman–Crippen MR) is 72.4 cm³/mol. The molecule has 0 aromatic heterocycles. The molecule has 1 aromatic carbocycles. The molecule has 1 unspecified atom stereocenters. The molecule has 1 rings (SSSR count). The molecule has 0 radical (unpaired) electrons. The van der Waals surface area contributed by atoms with Gasteiger partial charge in [-0.15, -0.1) is 0 Å². The Balaban J connectivity index is 2.07. The Kier molecular flexibility index (Phi) is 6.85. The van der Waals surface area contributed by atoms with E-state index in [4.69, 9.17) is 14.2 Å². The summed E-state index contributed by atoms with van der Waals surface area (Å²) in [6.07, 6.45) is -0.593. The minimum Gasteiger partial charge on any atom is -0.433 e. The third-order valence-corrected chi connectivity index (χ3v) is 2.31. The van der Waals surface area contributed by atoms with Crippen LogP contribution in [-0.4, -0.2) is 25.5 Å². The van der Waals surface area contributed by atoms with E-state index in [0.29, 0.717) is 25.4 Å². The Morgan fingerprint density at radius 2 is 1.95 bits per heavy atom. The second-order valence-corrected chi connectivity index (χ2v) is 4.16. The van der Waals surface area contributed by atoms with Gasteiger partial charge in [-0.25, -0.2) is 4.79 Å². The fourth-order valence-corrected chi connectivity index (χ4v) is 1.32. The van der Waals surface area contributed by atoms with E-state index in [0.717, 1.165) is 5.56 Å². The second kappa shape index (κ2) is 8.45. The Bertz CT molecular complexity index is 400. The van der Waals surface area contributed by atoms with Crippen molar-refractivity contribution < 1.29 is 19.0 Å². The molecular formula is C15H20O4. The van der Waals surface area contributed by atoms with Crippen molar-refractivity contribution in [3.05, 3.63) is 48.0 Å². The first kappa shape index (κ1) is 15.4. The van der Waals surface area contributed by atoms with Gasteiger partial charge in [-0.2, -0.15) is 0 Å². The van der Waals surface area contributed by atoms with E-state index >= 15 is 0 Å². The van der Waals surface area contributed by atoms with E-state index in [9.17, 15) is 4.79 Å². The van der Waals surface area contributed by atoms with Gasteiger partial charge in [0, 0.05) is 5.57 Å². The van der Waals surface area contributed by atoms with Crippen LogP contribution in [0.5, 0.6) is 0 Å². The van der Waals surface area contributed by atoms with Crippen molar-refractivity contribution in [2.75, 3.05) is 13.2 Å². The van der Waals surface area contributed by atoms with E-state index < -0.39 is 12.3 Å². The fourth-order valence-electron chi connectivity index (χ4n) is 1.32. The monoisotopic (exact) mass is 264 g/mol. The van der Waals surface area contributed by atoms with Crippen LogP contribution in [-0.2, 0) is 25.6 Å². The summed E-state index contributed by atoms with van der Waals surface area (Å²) in [6.45, 7) is 8.12. The average Bonchev–Trinajstić information content (AvgIpc) is 2.39. The standard InChI is InChI=1S/C15H20O4/c1-12(2)15(16)19-13(3)18-10-9-17-11-14-7-5-4-6-8-14/h4-8,13H,1,9-11H2,2-3H3. The number of carbonyl (C=O) groups excluding carboxylic acids is 1. The van der Waals surface area contributed by atoms with Gasteiger partial charge in [-0.05, 0) is 19.4 Å². The van der Waals surface area contributed by atoms with Crippen molar-refractivity contribution in [3.8, 4) is 0 Å². The normalized spacial score (nSPS) is 11.9. The molecule has 0 aliphatic heterocycles. The summed E-state index contributed by atoms with van der Waals surface area (Å²) in [7, 11) is 0. The fraction of sp³-hybridized carbons (Fsp3) is 0.400. The van der Waals surface area contributed by atoms with Crippen molar-refractivity contribution in [2.45, 2.75) is 26.7 Å². The van der Waals surface area contributed by atoms with Gasteiger partial charge in [0.25, 0.3) is 0 Å². The molecule has 0 amide bonds. The SMILES string of the molecule is C=C(C)C(=O)OC(C)OCCOCc1ccccc1. The van der Waals surface area contributed by atoms with Crippen molar-refractivity contribution in [1.82, 2.24) is 0 Å². The van der Waals surface area contributed by atoms with E-state index in [-0.39, 0.29) is 0 Å². The lowest BCUT2D eigenvalue weighted by molar-refractivity contribution is -0.172. The minimum atomic E-state index is -0.593. The van der Waals surface area contributed by atoms with Gasteiger partial charge in [0.2, 0.25) is 6.29 Å². The van der Waals surface area contributed by atoms with Crippen LogP contribution in [0.4, 0.5) is 0 Å². The summed E-state index contributed by atoms with van der Waals surface area (Å²) in [5.74, 6) is -0.447. The first-order valence-corrected chi connectivity index (χ1v) is 6.19. The van der Waals surface area contributed by atoms with Crippen molar-refractivity contribution >= 4 is 5.97 Å².